The van der Waals surface area contributed by atoms with E-state index in [-0.39, 0.29) is 5.56 Å². The SMILES string of the molecule is O=c1[nH]c(NCCc2nc3ccccc3[nH]2)nnc1-c1ccccc1. The molecule has 3 N–H and O–H groups in total. The third-order valence-electron chi connectivity index (χ3n) is 3.84. The Morgan fingerprint density at radius 1 is 0.920 bits per heavy atom. The number of fused-ring (bicyclic) bond motifs is 1. The molecule has 0 saturated carbocycles. The van der Waals surface area contributed by atoms with Gasteiger partial charge in [-0.1, -0.05) is 42.5 Å². The molecular formula is C18H16N6O. The van der Waals surface area contributed by atoms with Crippen LogP contribution in [0.25, 0.3) is 22.3 Å². The summed E-state index contributed by atoms with van der Waals surface area (Å²) in [5.41, 5.74) is 2.73. The number of rotatable bonds is 5. The molecule has 2 aromatic carbocycles. The standard InChI is InChI=1S/C18H16N6O/c25-17-16(12-6-2-1-3-7-12)23-24-18(22-17)19-11-10-15-20-13-8-4-5-9-14(13)21-15/h1-9H,10-11H2,(H,20,21)(H2,19,22,24,25). The minimum absolute atomic E-state index is 0.271. The summed E-state index contributed by atoms with van der Waals surface area (Å²) < 4.78 is 0. The van der Waals surface area contributed by atoms with E-state index in [1.807, 2.05) is 54.6 Å². The molecule has 0 aliphatic rings. The lowest BCUT2D eigenvalue weighted by Gasteiger charge is -2.04. The fraction of sp³-hybridized carbons (Fsp3) is 0.111. The maximum absolute atomic E-state index is 12.2. The van der Waals surface area contributed by atoms with E-state index in [2.05, 4.69) is 30.5 Å². The molecule has 25 heavy (non-hydrogen) atoms. The van der Waals surface area contributed by atoms with Crippen LogP contribution in [0.3, 0.4) is 0 Å². The summed E-state index contributed by atoms with van der Waals surface area (Å²) in [7, 11) is 0. The topological polar surface area (TPSA) is 99.3 Å². The van der Waals surface area contributed by atoms with E-state index in [0.29, 0.717) is 24.6 Å². The molecular weight excluding hydrogens is 316 g/mol. The van der Waals surface area contributed by atoms with Crippen molar-refractivity contribution in [3.63, 3.8) is 0 Å². The van der Waals surface area contributed by atoms with Gasteiger partial charge in [-0.15, -0.1) is 10.2 Å². The molecule has 4 aromatic rings. The highest BCUT2D eigenvalue weighted by Crippen LogP contribution is 2.12. The quantitative estimate of drug-likeness (QED) is 0.521. The Morgan fingerprint density at radius 3 is 2.52 bits per heavy atom. The van der Waals surface area contributed by atoms with Crippen molar-refractivity contribution in [3.05, 3.63) is 70.8 Å². The molecule has 7 nitrogen and oxygen atoms in total. The number of para-hydroxylation sites is 2. The molecule has 2 heterocycles. The summed E-state index contributed by atoms with van der Waals surface area (Å²) in [6.07, 6.45) is 0.679. The largest absolute Gasteiger partial charge is 0.354 e. The van der Waals surface area contributed by atoms with Crippen LogP contribution in [-0.4, -0.2) is 31.7 Å². The maximum Gasteiger partial charge on any atom is 0.279 e. The molecule has 0 bridgehead atoms. The Kier molecular flexibility index (Phi) is 3.96. The van der Waals surface area contributed by atoms with Crippen molar-refractivity contribution < 1.29 is 0 Å². The molecule has 0 amide bonds. The highest BCUT2D eigenvalue weighted by Gasteiger charge is 2.07. The highest BCUT2D eigenvalue weighted by molar-refractivity contribution is 5.74. The predicted molar refractivity (Wildman–Crippen MR) is 96.4 cm³/mol. The normalized spacial score (nSPS) is 10.9. The average Bonchev–Trinajstić information content (AvgIpc) is 3.05. The Bertz CT molecular complexity index is 1020. The van der Waals surface area contributed by atoms with Gasteiger partial charge in [0, 0.05) is 18.5 Å². The molecule has 0 atom stereocenters. The van der Waals surface area contributed by atoms with E-state index in [0.717, 1.165) is 22.4 Å². The van der Waals surface area contributed by atoms with Gasteiger partial charge in [-0.25, -0.2) is 4.98 Å². The molecule has 0 radical (unpaired) electrons. The van der Waals surface area contributed by atoms with Gasteiger partial charge in [-0.3, -0.25) is 9.78 Å². The van der Waals surface area contributed by atoms with Crippen molar-refractivity contribution in [2.45, 2.75) is 6.42 Å². The van der Waals surface area contributed by atoms with Crippen molar-refractivity contribution in [2.24, 2.45) is 0 Å². The molecule has 0 aliphatic heterocycles. The highest BCUT2D eigenvalue weighted by atomic mass is 16.1. The molecule has 4 rings (SSSR count). The number of anilines is 1. The van der Waals surface area contributed by atoms with Crippen LogP contribution in [0.1, 0.15) is 5.82 Å². The second kappa shape index (κ2) is 6.56. The summed E-state index contributed by atoms with van der Waals surface area (Å²) in [6, 6.07) is 17.1. The van der Waals surface area contributed by atoms with E-state index in [9.17, 15) is 4.79 Å². The lowest BCUT2D eigenvalue weighted by Crippen LogP contribution is -2.18. The lowest BCUT2D eigenvalue weighted by atomic mass is 10.2. The lowest BCUT2D eigenvalue weighted by molar-refractivity contribution is 0.888. The molecule has 0 spiro atoms. The van der Waals surface area contributed by atoms with Crippen LogP contribution < -0.4 is 10.9 Å². The monoisotopic (exact) mass is 332 g/mol. The Hall–Kier alpha value is -3.48. The number of aromatic nitrogens is 5. The van der Waals surface area contributed by atoms with Gasteiger partial charge in [0.2, 0.25) is 5.95 Å². The van der Waals surface area contributed by atoms with E-state index < -0.39 is 0 Å². The minimum atomic E-state index is -0.271. The van der Waals surface area contributed by atoms with Crippen LogP contribution in [0.2, 0.25) is 0 Å². The zero-order chi connectivity index (χ0) is 17.1. The molecule has 124 valence electrons. The zero-order valence-corrected chi connectivity index (χ0v) is 13.4. The molecule has 0 aliphatic carbocycles. The number of nitrogens with zero attached hydrogens (tertiary/aromatic N) is 3. The van der Waals surface area contributed by atoms with Crippen LogP contribution in [0.5, 0.6) is 0 Å². The van der Waals surface area contributed by atoms with Gasteiger partial charge in [-0.2, -0.15) is 0 Å². The van der Waals surface area contributed by atoms with Crippen LogP contribution in [0.4, 0.5) is 5.95 Å². The predicted octanol–water partition coefficient (Wildman–Crippen LogP) is 2.36. The number of imidazole rings is 1. The number of hydrogen-bond acceptors (Lipinski definition) is 5. The molecule has 0 saturated heterocycles. The minimum Gasteiger partial charge on any atom is -0.354 e. The van der Waals surface area contributed by atoms with E-state index in [1.54, 1.807) is 0 Å². The summed E-state index contributed by atoms with van der Waals surface area (Å²) in [5, 5.41) is 11.1. The molecule has 0 unspecified atom stereocenters. The van der Waals surface area contributed by atoms with E-state index in [1.165, 1.54) is 0 Å². The third kappa shape index (κ3) is 3.25. The van der Waals surface area contributed by atoms with Gasteiger partial charge < -0.3 is 10.3 Å². The first-order valence-electron chi connectivity index (χ1n) is 7.99. The first-order valence-corrected chi connectivity index (χ1v) is 7.99. The van der Waals surface area contributed by atoms with Crippen molar-refractivity contribution >= 4 is 17.0 Å². The van der Waals surface area contributed by atoms with Crippen molar-refractivity contribution in [1.82, 2.24) is 25.1 Å². The summed E-state index contributed by atoms with van der Waals surface area (Å²) in [5.74, 6) is 1.23. The Balaban J connectivity index is 1.43. The Morgan fingerprint density at radius 2 is 1.72 bits per heavy atom. The smallest absolute Gasteiger partial charge is 0.279 e. The van der Waals surface area contributed by atoms with Crippen LogP contribution >= 0.6 is 0 Å². The molecule has 2 aromatic heterocycles. The van der Waals surface area contributed by atoms with Gasteiger partial charge in [0.05, 0.1) is 11.0 Å². The van der Waals surface area contributed by atoms with Crippen molar-refractivity contribution in [1.29, 1.82) is 0 Å². The second-order valence-corrected chi connectivity index (χ2v) is 5.59. The first-order chi connectivity index (χ1) is 12.3. The van der Waals surface area contributed by atoms with Gasteiger partial charge in [-0.05, 0) is 12.1 Å². The average molecular weight is 332 g/mol. The van der Waals surface area contributed by atoms with Crippen LogP contribution in [0, 0.1) is 0 Å². The first kappa shape index (κ1) is 15.1. The summed E-state index contributed by atoms with van der Waals surface area (Å²) in [4.78, 5) is 22.7. The number of aromatic amines is 2. The van der Waals surface area contributed by atoms with E-state index in [4.69, 9.17) is 0 Å². The van der Waals surface area contributed by atoms with Crippen molar-refractivity contribution in [2.75, 3.05) is 11.9 Å². The van der Waals surface area contributed by atoms with Crippen LogP contribution in [0.15, 0.2) is 59.4 Å². The van der Waals surface area contributed by atoms with Gasteiger partial charge in [0.1, 0.15) is 5.82 Å². The molecule has 0 fully saturated rings. The number of hydrogen-bond donors (Lipinski definition) is 3. The van der Waals surface area contributed by atoms with Gasteiger partial charge in [0.15, 0.2) is 5.69 Å². The summed E-state index contributed by atoms with van der Waals surface area (Å²) in [6.45, 7) is 0.578. The molecule has 7 heteroatoms. The number of H-pyrrole nitrogens is 2. The van der Waals surface area contributed by atoms with E-state index >= 15 is 0 Å². The third-order valence-corrected chi connectivity index (χ3v) is 3.84. The maximum atomic E-state index is 12.2. The second-order valence-electron chi connectivity index (χ2n) is 5.59. The fourth-order valence-electron chi connectivity index (χ4n) is 2.62. The fourth-order valence-corrected chi connectivity index (χ4v) is 2.62. The van der Waals surface area contributed by atoms with Gasteiger partial charge in [0.25, 0.3) is 5.56 Å². The summed E-state index contributed by atoms with van der Waals surface area (Å²) >= 11 is 0. The Labute approximate surface area is 143 Å². The van der Waals surface area contributed by atoms with Crippen molar-refractivity contribution in [3.8, 4) is 11.3 Å². The number of nitrogens with one attached hydrogen (secondary N) is 3. The van der Waals surface area contributed by atoms with Crippen LogP contribution in [-0.2, 0) is 6.42 Å². The van der Waals surface area contributed by atoms with Gasteiger partial charge >= 0.3 is 0 Å². The zero-order valence-electron chi connectivity index (χ0n) is 13.4. The number of benzene rings is 2.